The molecule has 2 rings (SSSR count). The van der Waals surface area contributed by atoms with Gasteiger partial charge in [-0.15, -0.1) is 11.8 Å². The summed E-state index contributed by atoms with van der Waals surface area (Å²) in [6, 6.07) is 6.59. The number of hydrogen-bond acceptors (Lipinski definition) is 5. The van der Waals surface area contributed by atoms with E-state index in [0.717, 1.165) is 22.5 Å². The van der Waals surface area contributed by atoms with Crippen LogP contribution in [0.25, 0.3) is 0 Å². The van der Waals surface area contributed by atoms with E-state index >= 15 is 0 Å². The second kappa shape index (κ2) is 18.5. The van der Waals surface area contributed by atoms with Crippen molar-refractivity contribution in [3.63, 3.8) is 0 Å². The number of amides is 2. The van der Waals surface area contributed by atoms with Crippen molar-refractivity contribution < 1.29 is 14.4 Å². The first-order chi connectivity index (χ1) is 18.8. The van der Waals surface area contributed by atoms with Crippen molar-refractivity contribution in [1.82, 2.24) is 15.1 Å². The largest absolute Gasteiger partial charge is 0.359 e. The summed E-state index contributed by atoms with van der Waals surface area (Å²) < 4.78 is 0. The SMILES string of the molecule is CNC(=O)CCC(C=O)N1Cc2c(SCCCCCCCCCCCCN(C(C)C)C(C)C)cccc2C1=O. The van der Waals surface area contributed by atoms with Gasteiger partial charge in [0.1, 0.15) is 6.29 Å². The van der Waals surface area contributed by atoms with Crippen molar-refractivity contribution in [2.75, 3.05) is 19.3 Å². The quantitative estimate of drug-likeness (QED) is 0.101. The third-order valence-electron chi connectivity index (χ3n) is 7.85. The van der Waals surface area contributed by atoms with Crippen LogP contribution in [0, 0.1) is 0 Å². The maximum Gasteiger partial charge on any atom is 0.255 e. The number of unbranched alkanes of at least 4 members (excludes halogenated alkanes) is 9. The molecule has 1 unspecified atom stereocenters. The van der Waals surface area contributed by atoms with Crippen LogP contribution in [0.5, 0.6) is 0 Å². The normalized spacial score (nSPS) is 13.9. The highest BCUT2D eigenvalue weighted by atomic mass is 32.2. The number of nitrogens with zero attached hydrogens (tertiary/aromatic N) is 2. The molecule has 0 aromatic heterocycles. The van der Waals surface area contributed by atoms with Gasteiger partial charge in [-0.05, 0) is 77.0 Å². The van der Waals surface area contributed by atoms with Crippen LogP contribution in [0.4, 0.5) is 0 Å². The zero-order valence-electron chi connectivity index (χ0n) is 25.2. The molecule has 0 saturated heterocycles. The first-order valence-electron chi connectivity index (χ1n) is 15.3. The van der Waals surface area contributed by atoms with Crippen molar-refractivity contribution in [3.8, 4) is 0 Å². The fourth-order valence-electron chi connectivity index (χ4n) is 5.54. The summed E-state index contributed by atoms with van der Waals surface area (Å²) in [5, 5.41) is 2.57. The zero-order valence-corrected chi connectivity index (χ0v) is 26.0. The molecule has 0 radical (unpaired) electrons. The van der Waals surface area contributed by atoms with Crippen LogP contribution in [0.2, 0.25) is 0 Å². The number of carbonyl (C=O) groups is 3. The molecule has 0 saturated carbocycles. The molecule has 1 aliphatic rings. The van der Waals surface area contributed by atoms with Gasteiger partial charge in [-0.1, -0.05) is 57.4 Å². The summed E-state index contributed by atoms with van der Waals surface area (Å²) >= 11 is 1.82. The van der Waals surface area contributed by atoms with E-state index in [2.05, 4.69) is 44.0 Å². The van der Waals surface area contributed by atoms with Crippen LogP contribution < -0.4 is 5.32 Å². The third kappa shape index (κ3) is 11.3. The molecule has 1 aromatic carbocycles. The van der Waals surface area contributed by atoms with E-state index in [1.54, 1.807) is 11.9 Å². The Hall–Kier alpha value is -1.86. The number of hydrogen-bond donors (Lipinski definition) is 1. The summed E-state index contributed by atoms with van der Waals surface area (Å²) in [4.78, 5) is 41.6. The van der Waals surface area contributed by atoms with E-state index in [9.17, 15) is 14.4 Å². The van der Waals surface area contributed by atoms with Crippen LogP contribution in [0.15, 0.2) is 23.1 Å². The molecular weight excluding hydrogens is 506 g/mol. The number of rotatable bonds is 21. The van der Waals surface area contributed by atoms with Crippen LogP contribution in [-0.2, 0) is 16.1 Å². The molecule has 0 bridgehead atoms. The average Bonchev–Trinajstić information content (AvgIpc) is 3.25. The highest BCUT2D eigenvalue weighted by Gasteiger charge is 2.34. The molecule has 1 N–H and O–H groups in total. The Morgan fingerprint density at radius 1 is 0.974 bits per heavy atom. The number of benzene rings is 1. The summed E-state index contributed by atoms with van der Waals surface area (Å²) in [6.07, 6.45) is 14.5. The lowest BCUT2D eigenvalue weighted by Crippen LogP contribution is -2.37. The van der Waals surface area contributed by atoms with Crippen molar-refractivity contribution in [2.24, 2.45) is 0 Å². The van der Waals surface area contributed by atoms with Gasteiger partial charge in [-0.3, -0.25) is 14.5 Å². The molecule has 0 fully saturated rings. The average molecular weight is 560 g/mol. The maximum atomic E-state index is 13.0. The Morgan fingerprint density at radius 3 is 2.13 bits per heavy atom. The second-order valence-corrected chi connectivity index (χ2v) is 12.6. The topological polar surface area (TPSA) is 69.7 Å². The van der Waals surface area contributed by atoms with E-state index in [4.69, 9.17) is 0 Å². The molecule has 2 amide bonds. The molecule has 6 nitrogen and oxygen atoms in total. The molecule has 220 valence electrons. The van der Waals surface area contributed by atoms with Gasteiger partial charge in [-0.25, -0.2) is 0 Å². The van der Waals surface area contributed by atoms with Gasteiger partial charge in [0.05, 0.1) is 6.04 Å². The minimum absolute atomic E-state index is 0.102. The van der Waals surface area contributed by atoms with Gasteiger partial charge in [0.2, 0.25) is 5.91 Å². The Morgan fingerprint density at radius 2 is 1.56 bits per heavy atom. The standard InChI is InChI=1S/C32H53N3O3S/c1-25(2)34(26(3)4)21-14-12-10-8-6-7-9-11-13-15-22-39-30-18-16-17-28-29(30)23-35(32(28)38)27(24-36)19-20-31(37)33-5/h16-18,24-27H,6-15,19-23H2,1-5H3,(H,33,37). The van der Waals surface area contributed by atoms with Gasteiger partial charge in [0.25, 0.3) is 5.91 Å². The second-order valence-electron chi connectivity index (χ2n) is 11.4. The number of fused-ring (bicyclic) bond motifs is 1. The molecule has 1 aromatic rings. The van der Waals surface area contributed by atoms with Crippen LogP contribution in [0.1, 0.15) is 121 Å². The Kier molecular flexibility index (Phi) is 15.8. The lowest BCUT2D eigenvalue weighted by Gasteiger charge is -2.30. The molecule has 1 heterocycles. The smallest absolute Gasteiger partial charge is 0.255 e. The maximum absolute atomic E-state index is 13.0. The van der Waals surface area contributed by atoms with E-state index < -0.39 is 6.04 Å². The highest BCUT2D eigenvalue weighted by Crippen LogP contribution is 2.34. The van der Waals surface area contributed by atoms with Gasteiger partial charge >= 0.3 is 0 Å². The van der Waals surface area contributed by atoms with E-state index in [0.29, 0.717) is 30.6 Å². The van der Waals surface area contributed by atoms with Gasteiger partial charge in [0, 0.05) is 42.6 Å². The summed E-state index contributed by atoms with van der Waals surface area (Å²) in [5.74, 6) is 0.824. The lowest BCUT2D eigenvalue weighted by molar-refractivity contribution is -0.121. The number of thioether (sulfide) groups is 1. The first kappa shape index (κ1) is 33.3. The van der Waals surface area contributed by atoms with E-state index in [-0.39, 0.29) is 18.2 Å². The molecule has 1 atom stereocenters. The van der Waals surface area contributed by atoms with E-state index in [1.807, 2.05) is 23.9 Å². The molecule has 1 aliphatic heterocycles. The van der Waals surface area contributed by atoms with Crippen molar-refractivity contribution in [1.29, 1.82) is 0 Å². The number of aldehydes is 1. The fourth-order valence-corrected chi connectivity index (χ4v) is 6.63. The van der Waals surface area contributed by atoms with Crippen molar-refractivity contribution in [2.45, 2.75) is 134 Å². The monoisotopic (exact) mass is 559 g/mol. The Bertz CT molecular complexity index is 881. The van der Waals surface area contributed by atoms with Crippen molar-refractivity contribution in [3.05, 3.63) is 29.3 Å². The summed E-state index contributed by atoms with van der Waals surface area (Å²) in [7, 11) is 1.58. The Balaban J connectivity index is 1.59. The summed E-state index contributed by atoms with van der Waals surface area (Å²) in [6.45, 7) is 10.9. The van der Waals surface area contributed by atoms with Crippen LogP contribution in [-0.4, -0.2) is 65.4 Å². The minimum Gasteiger partial charge on any atom is -0.359 e. The van der Waals surface area contributed by atoms with Gasteiger partial charge in [0.15, 0.2) is 0 Å². The molecular formula is C32H53N3O3S. The summed E-state index contributed by atoms with van der Waals surface area (Å²) in [5.41, 5.74) is 1.73. The minimum atomic E-state index is -0.569. The van der Waals surface area contributed by atoms with E-state index in [1.165, 1.54) is 70.8 Å². The van der Waals surface area contributed by atoms with Crippen LogP contribution in [0.3, 0.4) is 0 Å². The highest BCUT2D eigenvalue weighted by molar-refractivity contribution is 7.99. The molecule has 0 aliphatic carbocycles. The zero-order chi connectivity index (χ0) is 28.6. The van der Waals surface area contributed by atoms with Crippen LogP contribution >= 0.6 is 11.8 Å². The molecule has 39 heavy (non-hydrogen) atoms. The molecule has 0 spiro atoms. The Labute approximate surface area is 242 Å². The lowest BCUT2D eigenvalue weighted by atomic mass is 10.1. The van der Waals surface area contributed by atoms with Gasteiger partial charge in [-0.2, -0.15) is 0 Å². The van der Waals surface area contributed by atoms with Gasteiger partial charge < -0.3 is 15.0 Å². The number of carbonyl (C=O) groups excluding carboxylic acids is 3. The fraction of sp³-hybridized carbons (Fsp3) is 0.719. The first-order valence-corrected chi connectivity index (χ1v) is 16.3. The molecule has 7 heteroatoms. The third-order valence-corrected chi connectivity index (χ3v) is 9.04. The predicted octanol–water partition coefficient (Wildman–Crippen LogP) is 6.85. The predicted molar refractivity (Wildman–Crippen MR) is 163 cm³/mol. The number of nitrogens with one attached hydrogen (secondary N) is 1. The van der Waals surface area contributed by atoms with Crippen molar-refractivity contribution >= 4 is 29.9 Å².